The van der Waals surface area contributed by atoms with Crippen LogP contribution in [0.2, 0.25) is 0 Å². The molecule has 5 nitrogen and oxygen atoms in total. The van der Waals surface area contributed by atoms with Crippen molar-refractivity contribution < 1.29 is 19.2 Å². The quantitative estimate of drug-likeness (QED) is 0.737. The summed E-state index contributed by atoms with van der Waals surface area (Å²) in [5, 5.41) is 2.92. The van der Waals surface area contributed by atoms with E-state index in [1.54, 1.807) is 6.92 Å². The third-order valence-electron chi connectivity index (χ3n) is 3.40. The Labute approximate surface area is 119 Å². The van der Waals surface area contributed by atoms with Crippen LogP contribution >= 0.6 is 0 Å². The van der Waals surface area contributed by atoms with Gasteiger partial charge in [-0.05, 0) is 19.1 Å². The number of amides is 1. The minimum Gasteiger partial charge on any atom is -0.481 e. The van der Waals surface area contributed by atoms with E-state index in [0.717, 1.165) is 32.8 Å². The molecule has 2 rings (SSSR count). The highest BCUT2D eigenvalue weighted by Crippen LogP contribution is 2.10. The van der Waals surface area contributed by atoms with Crippen LogP contribution < -0.4 is 15.0 Å². The number of hydrogen-bond donors (Lipinski definition) is 2. The Balaban J connectivity index is 1.66. The number of hydrogen-bond acceptors (Lipinski definition) is 3. The Bertz CT molecular complexity index is 405. The van der Waals surface area contributed by atoms with Gasteiger partial charge in [-0.25, -0.2) is 0 Å². The second-order valence-corrected chi connectivity index (χ2v) is 4.98. The first-order valence-corrected chi connectivity index (χ1v) is 7.16. The van der Waals surface area contributed by atoms with Gasteiger partial charge in [0.15, 0.2) is 6.10 Å². The van der Waals surface area contributed by atoms with Gasteiger partial charge in [-0.15, -0.1) is 0 Å². The van der Waals surface area contributed by atoms with E-state index < -0.39 is 6.10 Å². The Kier molecular flexibility index (Phi) is 5.83. The second kappa shape index (κ2) is 7.87. The van der Waals surface area contributed by atoms with Crippen LogP contribution in [0.3, 0.4) is 0 Å². The van der Waals surface area contributed by atoms with Crippen LogP contribution in [0, 0.1) is 0 Å². The zero-order valence-electron chi connectivity index (χ0n) is 11.9. The van der Waals surface area contributed by atoms with Gasteiger partial charge >= 0.3 is 0 Å². The molecule has 0 aliphatic carbocycles. The molecule has 1 aliphatic heterocycles. The Hall–Kier alpha value is -1.59. The number of carbonyl (C=O) groups is 1. The molecule has 0 aromatic heterocycles. The molecule has 20 heavy (non-hydrogen) atoms. The highest BCUT2D eigenvalue weighted by Gasteiger charge is 2.16. The molecule has 1 aliphatic rings. The van der Waals surface area contributed by atoms with Crippen LogP contribution in [0.4, 0.5) is 0 Å². The highest BCUT2D eigenvalue weighted by molar-refractivity contribution is 5.80. The molecule has 1 aromatic rings. The first kappa shape index (κ1) is 14.8. The van der Waals surface area contributed by atoms with Gasteiger partial charge in [-0.1, -0.05) is 18.2 Å². The minimum absolute atomic E-state index is 0.0680. The third kappa shape index (κ3) is 4.83. The van der Waals surface area contributed by atoms with Crippen molar-refractivity contribution in [1.29, 1.82) is 0 Å². The molecule has 0 saturated carbocycles. The number of nitrogens with one attached hydrogen (secondary N) is 2. The number of para-hydroxylation sites is 1. The lowest BCUT2D eigenvalue weighted by Gasteiger charge is -2.24. The van der Waals surface area contributed by atoms with Crippen LogP contribution in [0.15, 0.2) is 30.3 Å². The minimum atomic E-state index is -0.475. The predicted octanol–water partition coefficient (Wildman–Crippen LogP) is -0.515. The molecule has 0 unspecified atom stereocenters. The standard InChI is InChI=1S/C15H22N2O3/c1-13(20-14-5-3-2-4-6-14)15(18)16-7-8-17-9-11-19-12-10-17/h2-6,13H,7-12H2,1H3,(H,16,18)/p+1/t13-/m0/s1. The molecule has 1 atom stereocenters. The number of rotatable bonds is 6. The van der Waals surface area contributed by atoms with Crippen molar-refractivity contribution in [1.82, 2.24) is 5.32 Å². The summed E-state index contributed by atoms with van der Waals surface area (Å²) in [5.41, 5.74) is 0. The van der Waals surface area contributed by atoms with Crippen LogP contribution in [0.1, 0.15) is 6.92 Å². The molecule has 1 amide bonds. The lowest BCUT2D eigenvalue weighted by atomic mass is 10.3. The number of morpholine rings is 1. The van der Waals surface area contributed by atoms with E-state index in [1.807, 2.05) is 30.3 Å². The molecule has 5 heteroatoms. The van der Waals surface area contributed by atoms with Crippen molar-refractivity contribution in [2.24, 2.45) is 0 Å². The molecule has 0 bridgehead atoms. The third-order valence-corrected chi connectivity index (χ3v) is 3.40. The zero-order valence-corrected chi connectivity index (χ0v) is 11.9. The van der Waals surface area contributed by atoms with Gasteiger partial charge in [0.25, 0.3) is 5.91 Å². The molecular weight excluding hydrogens is 256 g/mol. The average molecular weight is 279 g/mol. The molecule has 1 saturated heterocycles. The molecule has 0 radical (unpaired) electrons. The molecular formula is C15H23N2O3+. The lowest BCUT2D eigenvalue weighted by Crippen LogP contribution is -3.14. The largest absolute Gasteiger partial charge is 0.481 e. The van der Waals surface area contributed by atoms with Gasteiger partial charge in [0.1, 0.15) is 18.8 Å². The molecule has 2 N–H and O–H groups in total. The van der Waals surface area contributed by atoms with E-state index >= 15 is 0 Å². The van der Waals surface area contributed by atoms with Gasteiger partial charge < -0.3 is 19.7 Å². The van der Waals surface area contributed by atoms with Gasteiger partial charge in [0.05, 0.1) is 26.3 Å². The van der Waals surface area contributed by atoms with Crippen molar-refractivity contribution in [3.05, 3.63) is 30.3 Å². The Morgan fingerprint density at radius 3 is 2.75 bits per heavy atom. The van der Waals surface area contributed by atoms with E-state index in [0.29, 0.717) is 12.3 Å². The maximum atomic E-state index is 11.9. The summed E-state index contributed by atoms with van der Waals surface area (Å²) in [7, 11) is 0. The topological polar surface area (TPSA) is 52.0 Å². The lowest BCUT2D eigenvalue weighted by molar-refractivity contribution is -0.906. The van der Waals surface area contributed by atoms with E-state index in [9.17, 15) is 4.79 Å². The summed E-state index contributed by atoms with van der Waals surface area (Å²) in [4.78, 5) is 13.4. The maximum absolute atomic E-state index is 11.9. The second-order valence-electron chi connectivity index (χ2n) is 4.98. The molecule has 110 valence electrons. The fourth-order valence-electron chi connectivity index (χ4n) is 2.17. The van der Waals surface area contributed by atoms with Gasteiger partial charge in [-0.2, -0.15) is 0 Å². The smallest absolute Gasteiger partial charge is 0.260 e. The summed E-state index contributed by atoms with van der Waals surface area (Å²) in [6.45, 7) is 7.05. The fraction of sp³-hybridized carbons (Fsp3) is 0.533. The fourth-order valence-corrected chi connectivity index (χ4v) is 2.17. The molecule has 0 spiro atoms. The van der Waals surface area contributed by atoms with Crippen LogP contribution in [0.5, 0.6) is 5.75 Å². The van der Waals surface area contributed by atoms with Gasteiger partial charge in [0, 0.05) is 0 Å². The van der Waals surface area contributed by atoms with Crippen LogP contribution in [0.25, 0.3) is 0 Å². The number of carbonyl (C=O) groups excluding carboxylic acids is 1. The number of quaternary nitrogens is 1. The summed E-state index contributed by atoms with van der Waals surface area (Å²) in [6, 6.07) is 9.40. The van der Waals surface area contributed by atoms with Crippen LogP contribution in [-0.2, 0) is 9.53 Å². The van der Waals surface area contributed by atoms with Crippen molar-refractivity contribution >= 4 is 5.91 Å². The average Bonchev–Trinajstić information content (AvgIpc) is 2.49. The normalized spacial score (nSPS) is 17.4. The molecule has 1 heterocycles. The SMILES string of the molecule is C[C@H](Oc1ccccc1)C(=O)NCC[NH+]1CCOCC1. The Morgan fingerprint density at radius 1 is 1.35 bits per heavy atom. The first-order chi connectivity index (χ1) is 9.75. The summed E-state index contributed by atoms with van der Waals surface area (Å²) >= 11 is 0. The van der Waals surface area contributed by atoms with E-state index in [1.165, 1.54) is 4.90 Å². The van der Waals surface area contributed by atoms with Crippen molar-refractivity contribution in [3.8, 4) is 5.75 Å². The van der Waals surface area contributed by atoms with E-state index in [2.05, 4.69) is 5.32 Å². The van der Waals surface area contributed by atoms with Gasteiger partial charge in [0.2, 0.25) is 0 Å². The number of ether oxygens (including phenoxy) is 2. The summed E-state index contributed by atoms with van der Waals surface area (Å²) in [6.07, 6.45) is -0.475. The molecule has 1 aromatic carbocycles. The Morgan fingerprint density at radius 2 is 2.05 bits per heavy atom. The monoisotopic (exact) mass is 279 g/mol. The van der Waals surface area contributed by atoms with E-state index in [-0.39, 0.29) is 5.91 Å². The van der Waals surface area contributed by atoms with Crippen LogP contribution in [-0.4, -0.2) is 51.4 Å². The van der Waals surface area contributed by atoms with Gasteiger partial charge in [-0.3, -0.25) is 4.79 Å². The number of benzene rings is 1. The maximum Gasteiger partial charge on any atom is 0.260 e. The molecule has 1 fully saturated rings. The van der Waals surface area contributed by atoms with E-state index in [4.69, 9.17) is 9.47 Å². The first-order valence-electron chi connectivity index (χ1n) is 7.16. The zero-order chi connectivity index (χ0) is 14.2. The summed E-state index contributed by atoms with van der Waals surface area (Å²) in [5.74, 6) is 0.649. The van der Waals surface area contributed by atoms with Crippen molar-refractivity contribution in [2.75, 3.05) is 39.4 Å². The predicted molar refractivity (Wildman–Crippen MR) is 75.9 cm³/mol. The summed E-state index contributed by atoms with van der Waals surface area (Å²) < 4.78 is 10.9. The highest BCUT2D eigenvalue weighted by atomic mass is 16.5. The van der Waals surface area contributed by atoms with Crippen molar-refractivity contribution in [2.45, 2.75) is 13.0 Å². The van der Waals surface area contributed by atoms with Crippen molar-refractivity contribution in [3.63, 3.8) is 0 Å².